The van der Waals surface area contributed by atoms with Crippen molar-refractivity contribution in [2.45, 2.75) is 18.4 Å². The van der Waals surface area contributed by atoms with E-state index < -0.39 is 0 Å². The Morgan fingerprint density at radius 2 is 1.20 bits per heavy atom. The molecule has 2 aliphatic carbocycles. The predicted octanol–water partition coefficient (Wildman–Crippen LogP) is 15.5. The van der Waals surface area contributed by atoms with Crippen molar-refractivity contribution in [3.63, 3.8) is 0 Å². The topological polar surface area (TPSA) is 22.4 Å². The summed E-state index contributed by atoms with van der Waals surface area (Å²) in [5.74, 6) is 1.26. The number of rotatable bonds is 4. The van der Waals surface area contributed by atoms with E-state index in [-0.39, 0.29) is 12.0 Å². The van der Waals surface area contributed by atoms with E-state index in [4.69, 9.17) is 9.15 Å². The lowest BCUT2D eigenvalue weighted by Crippen LogP contribution is -2.25. The fraction of sp³-hybridized carbons (Fsp3) is 0.0714. The summed E-state index contributed by atoms with van der Waals surface area (Å²) >= 11 is 1.86. The fourth-order valence-electron chi connectivity index (χ4n) is 10.4. The van der Waals surface area contributed by atoms with Gasteiger partial charge in [-0.15, -0.1) is 11.3 Å². The molecule has 1 aliphatic heterocycles. The Labute approximate surface area is 345 Å². The summed E-state index contributed by atoms with van der Waals surface area (Å²) in [6.07, 6.45) is 14.3. The summed E-state index contributed by atoms with van der Waals surface area (Å²) in [6.45, 7) is 0. The van der Waals surface area contributed by atoms with Crippen LogP contribution in [0, 0.1) is 5.92 Å². The van der Waals surface area contributed by atoms with Crippen LogP contribution < -0.4 is 4.74 Å². The van der Waals surface area contributed by atoms with E-state index in [2.05, 4.69) is 188 Å². The molecule has 278 valence electrons. The number of hydrogen-bond acceptors (Lipinski definition) is 3. The highest BCUT2D eigenvalue weighted by Gasteiger charge is 2.42. The second kappa shape index (κ2) is 12.8. The van der Waals surface area contributed by atoms with Crippen molar-refractivity contribution in [2.75, 3.05) is 0 Å². The SMILES string of the molecule is C1=CC2=CC=C(C3Oc4c(cc5c(oc6ccccc65)c4-c4c5ccccc5c(-c5ccc6sc7ccccc7c6c5)c5ccccc45)C3c3ccccc3)CC2C=C1. The summed E-state index contributed by atoms with van der Waals surface area (Å²) in [7, 11) is 0. The first-order valence-electron chi connectivity index (χ1n) is 20.6. The van der Waals surface area contributed by atoms with Gasteiger partial charge in [0, 0.05) is 48.0 Å². The van der Waals surface area contributed by atoms with Gasteiger partial charge in [-0.3, -0.25) is 0 Å². The quantitative estimate of drug-likeness (QED) is 0.166. The zero-order valence-electron chi connectivity index (χ0n) is 32.1. The van der Waals surface area contributed by atoms with Gasteiger partial charge in [0.15, 0.2) is 0 Å². The molecule has 0 spiro atoms. The third-order valence-electron chi connectivity index (χ3n) is 13.0. The molecule has 0 saturated carbocycles. The van der Waals surface area contributed by atoms with Crippen LogP contribution in [0.25, 0.3) is 85.9 Å². The van der Waals surface area contributed by atoms with Gasteiger partial charge in [-0.2, -0.15) is 0 Å². The number of para-hydroxylation sites is 1. The minimum Gasteiger partial charge on any atom is -0.484 e. The van der Waals surface area contributed by atoms with E-state index in [9.17, 15) is 0 Å². The van der Waals surface area contributed by atoms with Crippen LogP contribution in [0.4, 0.5) is 0 Å². The number of thiophene rings is 1. The Morgan fingerprint density at radius 1 is 0.525 bits per heavy atom. The van der Waals surface area contributed by atoms with E-state index in [1.54, 1.807) is 0 Å². The highest BCUT2D eigenvalue weighted by Crippen LogP contribution is 2.57. The predicted molar refractivity (Wildman–Crippen MR) is 248 cm³/mol. The maximum atomic E-state index is 7.58. The summed E-state index contributed by atoms with van der Waals surface area (Å²) < 4.78 is 17.2. The highest BCUT2D eigenvalue weighted by molar-refractivity contribution is 7.25. The second-order valence-corrected chi connectivity index (χ2v) is 17.3. The molecule has 2 nitrogen and oxygen atoms in total. The van der Waals surface area contributed by atoms with Gasteiger partial charge in [-0.05, 0) is 86.1 Å². The number of furan rings is 1. The average Bonchev–Trinajstić information content (AvgIpc) is 3.99. The zero-order valence-corrected chi connectivity index (χ0v) is 32.9. The summed E-state index contributed by atoms with van der Waals surface area (Å²) in [5, 5.41) is 9.62. The third kappa shape index (κ3) is 4.92. The molecule has 3 heteroatoms. The third-order valence-corrected chi connectivity index (χ3v) is 14.2. The monoisotopic (exact) mass is 772 g/mol. The minimum atomic E-state index is -0.176. The number of benzene rings is 8. The Bertz CT molecular complexity index is 3460. The van der Waals surface area contributed by atoms with Crippen molar-refractivity contribution < 1.29 is 9.15 Å². The molecule has 0 bridgehead atoms. The molecule has 3 atom stereocenters. The van der Waals surface area contributed by atoms with Crippen LogP contribution in [-0.2, 0) is 0 Å². The van der Waals surface area contributed by atoms with E-state index in [1.165, 1.54) is 75.1 Å². The van der Waals surface area contributed by atoms with Gasteiger partial charge < -0.3 is 9.15 Å². The second-order valence-electron chi connectivity index (χ2n) is 16.2. The van der Waals surface area contributed by atoms with Crippen LogP contribution in [0.1, 0.15) is 23.5 Å². The summed E-state index contributed by atoms with van der Waals surface area (Å²) in [5.41, 5.74) is 11.5. The molecule has 3 heterocycles. The Hall–Kier alpha value is -6.94. The smallest absolute Gasteiger partial charge is 0.147 e. The molecule has 0 saturated heterocycles. The molecule has 0 amide bonds. The highest BCUT2D eigenvalue weighted by atomic mass is 32.1. The summed E-state index contributed by atoms with van der Waals surface area (Å²) in [4.78, 5) is 0. The lowest BCUT2D eigenvalue weighted by atomic mass is 9.77. The number of fused-ring (bicyclic) bond motifs is 10. The standard InChI is InChI=1S/C56H36O2S/c1-2-15-34(16-3-1)51-46-32-45-38-18-10-12-24-47(38)57-55(45)53(56(46)58-54(51)37-27-26-33-14-4-5-17-35(33)30-37)52-42-22-8-6-20-40(42)50(41-21-7-9-23-43(41)52)36-28-29-49-44(31-36)39-19-11-13-25-48(39)59-49/h1-29,31-32,35,51,54H,30H2. The van der Waals surface area contributed by atoms with Crippen LogP contribution in [0.3, 0.4) is 0 Å². The van der Waals surface area contributed by atoms with Gasteiger partial charge in [-0.1, -0.05) is 158 Å². The van der Waals surface area contributed by atoms with Crippen molar-refractivity contribution in [3.05, 3.63) is 210 Å². The largest absolute Gasteiger partial charge is 0.484 e. The molecule has 0 radical (unpaired) electrons. The zero-order chi connectivity index (χ0) is 38.6. The van der Waals surface area contributed by atoms with E-state index in [0.29, 0.717) is 5.92 Å². The van der Waals surface area contributed by atoms with Gasteiger partial charge in [0.2, 0.25) is 0 Å². The maximum Gasteiger partial charge on any atom is 0.147 e. The van der Waals surface area contributed by atoms with Crippen molar-refractivity contribution in [1.82, 2.24) is 0 Å². The summed E-state index contributed by atoms with van der Waals surface area (Å²) in [6, 6.07) is 55.6. The van der Waals surface area contributed by atoms with Gasteiger partial charge in [0.05, 0.1) is 11.5 Å². The van der Waals surface area contributed by atoms with Crippen LogP contribution in [0.15, 0.2) is 204 Å². The first kappa shape index (κ1) is 33.1. The molecule has 10 aromatic rings. The van der Waals surface area contributed by atoms with Crippen LogP contribution in [0.5, 0.6) is 5.75 Å². The Kier molecular flexibility index (Phi) is 7.16. The number of hydrogen-bond donors (Lipinski definition) is 0. The average molecular weight is 773 g/mol. The molecule has 59 heavy (non-hydrogen) atoms. The fourth-order valence-corrected chi connectivity index (χ4v) is 11.5. The maximum absolute atomic E-state index is 7.58. The van der Waals surface area contributed by atoms with Crippen molar-refractivity contribution in [2.24, 2.45) is 5.92 Å². The van der Waals surface area contributed by atoms with E-state index >= 15 is 0 Å². The first-order chi connectivity index (χ1) is 29.3. The first-order valence-corrected chi connectivity index (χ1v) is 21.4. The lowest BCUT2D eigenvalue weighted by molar-refractivity contribution is 0.248. The van der Waals surface area contributed by atoms with Crippen LogP contribution in [-0.4, -0.2) is 6.10 Å². The van der Waals surface area contributed by atoms with Gasteiger partial charge in [-0.25, -0.2) is 0 Å². The van der Waals surface area contributed by atoms with Gasteiger partial charge >= 0.3 is 0 Å². The molecular weight excluding hydrogens is 737 g/mol. The van der Waals surface area contributed by atoms with Crippen LogP contribution in [0.2, 0.25) is 0 Å². The van der Waals surface area contributed by atoms with Crippen molar-refractivity contribution >= 4 is 75.0 Å². The van der Waals surface area contributed by atoms with Crippen molar-refractivity contribution in [3.8, 4) is 28.0 Å². The molecular formula is C56H36O2S. The molecule has 8 aromatic carbocycles. The van der Waals surface area contributed by atoms with Crippen LogP contribution >= 0.6 is 11.3 Å². The molecule has 3 unspecified atom stereocenters. The molecule has 13 rings (SSSR count). The normalized spacial score (nSPS) is 18.5. The lowest BCUT2D eigenvalue weighted by Gasteiger charge is -2.28. The Balaban J connectivity index is 1.12. The molecule has 3 aliphatic rings. The van der Waals surface area contributed by atoms with E-state index in [1.807, 2.05) is 11.3 Å². The van der Waals surface area contributed by atoms with E-state index in [0.717, 1.165) is 45.2 Å². The molecule has 0 N–H and O–H groups in total. The minimum absolute atomic E-state index is 0.00344. The number of ether oxygens (including phenoxy) is 1. The molecule has 0 fully saturated rings. The van der Waals surface area contributed by atoms with Gasteiger partial charge in [0.1, 0.15) is 23.0 Å². The van der Waals surface area contributed by atoms with Gasteiger partial charge in [0.25, 0.3) is 0 Å². The van der Waals surface area contributed by atoms with Crippen molar-refractivity contribution in [1.29, 1.82) is 0 Å². The number of allylic oxidation sites excluding steroid dienone is 7. The Morgan fingerprint density at radius 3 is 2.00 bits per heavy atom. The molecule has 2 aromatic heterocycles.